The number of rotatable bonds is 0. The summed E-state index contributed by atoms with van der Waals surface area (Å²) in [6, 6.07) is 3.64. The van der Waals surface area contributed by atoms with E-state index in [4.69, 9.17) is 0 Å². The van der Waals surface area contributed by atoms with Crippen LogP contribution in [0.2, 0.25) is 0 Å². The van der Waals surface area contributed by atoms with E-state index in [-0.39, 0.29) is 11.2 Å². The first-order chi connectivity index (χ1) is 10.6. The monoisotopic (exact) mass is 297 g/mol. The Morgan fingerprint density at radius 2 is 2.09 bits per heavy atom. The van der Waals surface area contributed by atoms with Gasteiger partial charge in [0.05, 0.1) is 5.56 Å². The topological polar surface area (TPSA) is 65.4 Å². The largest absolute Gasteiger partial charge is 0.501 e. The lowest BCUT2D eigenvalue weighted by atomic mass is 9.55. The van der Waals surface area contributed by atoms with Crippen LogP contribution in [0.5, 0.6) is 5.75 Å². The van der Waals surface area contributed by atoms with Crippen molar-refractivity contribution in [1.29, 1.82) is 5.39 Å². The molecule has 0 aliphatic heterocycles. The zero-order chi connectivity index (χ0) is 15.5. The average Bonchev–Trinajstić information content (AvgIpc) is 2.82. The summed E-state index contributed by atoms with van der Waals surface area (Å²) in [4.78, 5) is 15.6. The van der Waals surface area contributed by atoms with Gasteiger partial charge in [0, 0.05) is 11.8 Å². The van der Waals surface area contributed by atoms with Crippen LogP contribution in [-0.4, -0.2) is 10.9 Å². The Labute approximate surface area is 130 Å². The van der Waals surface area contributed by atoms with Crippen molar-refractivity contribution >= 4 is 11.5 Å². The van der Waals surface area contributed by atoms with Crippen LogP contribution >= 0.6 is 0 Å². The number of phenols is 1. The molecule has 0 spiro atoms. The third kappa shape index (κ3) is 1.63. The van der Waals surface area contributed by atoms with E-state index >= 15 is 0 Å². The number of fused-ring (bicyclic) bond motifs is 5. The number of carbonyl (C=O) groups excluding carboxylic acids is 1. The highest BCUT2D eigenvalue weighted by molar-refractivity contribution is 5.87. The fourth-order valence-electron chi connectivity index (χ4n) is 5.52. The van der Waals surface area contributed by atoms with Crippen molar-refractivity contribution in [2.45, 2.75) is 51.4 Å². The molecule has 0 radical (unpaired) electrons. The number of aromatic hydroxyl groups is 1. The van der Waals surface area contributed by atoms with Crippen molar-refractivity contribution in [3.8, 4) is 5.75 Å². The molecule has 4 nitrogen and oxygen atoms in total. The summed E-state index contributed by atoms with van der Waals surface area (Å²) in [6.45, 7) is 2.17. The fraction of sp³-hybridized carbons (Fsp3) is 0.611. The van der Waals surface area contributed by atoms with Crippen LogP contribution in [0.4, 0.5) is 5.69 Å². The SMILES string of the molecule is CC12CCC3c4ccc(O)c([N+]#N)c4CCC3C1CCC2=O. The van der Waals surface area contributed by atoms with Gasteiger partial charge in [-0.3, -0.25) is 4.79 Å². The highest BCUT2D eigenvalue weighted by atomic mass is 16.3. The van der Waals surface area contributed by atoms with E-state index in [1.54, 1.807) is 6.07 Å². The molecule has 2 fully saturated rings. The van der Waals surface area contributed by atoms with Gasteiger partial charge in [-0.1, -0.05) is 13.0 Å². The Hall–Kier alpha value is -1.89. The fourth-order valence-corrected chi connectivity index (χ4v) is 5.52. The minimum absolute atomic E-state index is 0.0522. The van der Waals surface area contributed by atoms with Crippen molar-refractivity contribution in [3.63, 3.8) is 0 Å². The van der Waals surface area contributed by atoms with E-state index in [0.717, 1.165) is 44.1 Å². The maximum absolute atomic E-state index is 12.3. The number of hydrogen-bond donors (Lipinski definition) is 1. The van der Waals surface area contributed by atoms with E-state index in [1.807, 2.05) is 6.07 Å². The van der Waals surface area contributed by atoms with Gasteiger partial charge >= 0.3 is 5.69 Å². The van der Waals surface area contributed by atoms with Crippen LogP contribution in [0.25, 0.3) is 4.98 Å². The number of diazo groups is 1. The second-order valence-corrected chi connectivity index (χ2v) is 7.43. The molecule has 4 atom stereocenters. The highest BCUT2D eigenvalue weighted by Crippen LogP contribution is 2.60. The molecule has 2 saturated carbocycles. The summed E-state index contributed by atoms with van der Waals surface area (Å²) in [5.74, 6) is 1.99. The quantitative estimate of drug-likeness (QED) is 0.726. The van der Waals surface area contributed by atoms with Gasteiger partial charge in [0.2, 0.25) is 11.1 Å². The van der Waals surface area contributed by atoms with E-state index in [1.165, 1.54) is 5.56 Å². The molecule has 1 aromatic carbocycles. The van der Waals surface area contributed by atoms with Crippen molar-refractivity contribution in [3.05, 3.63) is 28.2 Å². The van der Waals surface area contributed by atoms with Gasteiger partial charge in [-0.2, -0.15) is 0 Å². The number of ketones is 1. The van der Waals surface area contributed by atoms with Gasteiger partial charge in [0.15, 0.2) is 4.98 Å². The predicted octanol–water partition coefficient (Wildman–Crippen LogP) is 4.30. The molecule has 0 amide bonds. The summed E-state index contributed by atoms with van der Waals surface area (Å²) in [7, 11) is 0. The number of Topliss-reactive ketones (excluding diaryl/α,β-unsaturated/α-hetero) is 1. The standard InChI is InChI=1S/C18H20N2O2/c1-18-9-8-11-10-4-6-15(21)17(20-19)13(10)3-2-12(11)14(18)5-7-16(18)22/h4,6,11-12,14H,2-3,5,7-9H2,1H3/p+1. The molecule has 0 saturated heterocycles. The molecule has 3 aliphatic carbocycles. The van der Waals surface area contributed by atoms with Gasteiger partial charge in [-0.05, 0) is 61.5 Å². The Morgan fingerprint density at radius 3 is 2.86 bits per heavy atom. The normalized spacial score (nSPS) is 36.2. The molecule has 114 valence electrons. The van der Waals surface area contributed by atoms with E-state index < -0.39 is 0 Å². The summed E-state index contributed by atoms with van der Waals surface area (Å²) in [6.07, 6.45) is 5.60. The Bertz CT molecular complexity index is 706. The number of hydrogen-bond acceptors (Lipinski definition) is 3. The van der Waals surface area contributed by atoms with Crippen LogP contribution in [0.1, 0.15) is 56.1 Å². The first-order valence-electron chi connectivity index (χ1n) is 8.29. The van der Waals surface area contributed by atoms with Gasteiger partial charge in [0.1, 0.15) is 5.78 Å². The third-order valence-electron chi connectivity index (χ3n) is 6.67. The maximum atomic E-state index is 12.3. The highest BCUT2D eigenvalue weighted by Gasteiger charge is 2.55. The molecule has 0 aromatic heterocycles. The zero-order valence-electron chi connectivity index (χ0n) is 12.9. The summed E-state index contributed by atoms with van der Waals surface area (Å²) < 4.78 is 0. The van der Waals surface area contributed by atoms with Crippen LogP contribution < -0.4 is 0 Å². The minimum atomic E-state index is -0.111. The van der Waals surface area contributed by atoms with E-state index in [2.05, 4.69) is 11.9 Å². The van der Waals surface area contributed by atoms with E-state index in [9.17, 15) is 15.3 Å². The molecule has 1 aromatic rings. The molecule has 4 unspecified atom stereocenters. The average molecular weight is 297 g/mol. The van der Waals surface area contributed by atoms with Gasteiger partial charge < -0.3 is 5.11 Å². The lowest BCUT2D eigenvalue weighted by molar-refractivity contribution is -0.129. The molecule has 4 heteroatoms. The first-order valence-corrected chi connectivity index (χ1v) is 8.29. The van der Waals surface area contributed by atoms with Crippen molar-refractivity contribution < 1.29 is 9.90 Å². The van der Waals surface area contributed by atoms with Crippen LogP contribution in [0, 0.1) is 22.6 Å². The van der Waals surface area contributed by atoms with Crippen molar-refractivity contribution in [2.75, 3.05) is 0 Å². The van der Waals surface area contributed by atoms with Crippen LogP contribution in [0.3, 0.4) is 0 Å². The molecular weight excluding hydrogens is 276 g/mol. The third-order valence-corrected chi connectivity index (χ3v) is 6.67. The molecule has 3 aliphatic rings. The molecule has 0 bridgehead atoms. The second-order valence-electron chi connectivity index (χ2n) is 7.43. The zero-order valence-corrected chi connectivity index (χ0v) is 12.9. The van der Waals surface area contributed by atoms with Crippen molar-refractivity contribution in [2.24, 2.45) is 17.3 Å². The van der Waals surface area contributed by atoms with Crippen molar-refractivity contribution in [1.82, 2.24) is 0 Å². The number of benzene rings is 1. The molecule has 0 heterocycles. The van der Waals surface area contributed by atoms with Gasteiger partial charge in [-0.25, -0.2) is 0 Å². The minimum Gasteiger partial charge on any atom is -0.501 e. The lowest BCUT2D eigenvalue weighted by Crippen LogP contribution is -2.42. The van der Waals surface area contributed by atoms with E-state index in [0.29, 0.717) is 29.2 Å². The number of nitrogens with zero attached hydrogens (tertiary/aromatic N) is 2. The summed E-state index contributed by atoms with van der Waals surface area (Å²) in [5, 5.41) is 19.1. The van der Waals surface area contributed by atoms with Gasteiger partial charge in [-0.15, -0.1) is 0 Å². The first kappa shape index (κ1) is 13.8. The molecule has 1 N–H and O–H groups in total. The maximum Gasteiger partial charge on any atom is 0.429 e. The smallest absolute Gasteiger partial charge is 0.429 e. The van der Waals surface area contributed by atoms with Crippen LogP contribution in [-0.2, 0) is 11.2 Å². The van der Waals surface area contributed by atoms with Gasteiger partial charge in [0.25, 0.3) is 0 Å². The molecular formula is C18H21N2O2+. The second kappa shape index (κ2) is 4.55. The lowest BCUT2D eigenvalue weighted by Gasteiger charge is -2.47. The Balaban J connectivity index is 1.77. The Kier molecular flexibility index (Phi) is 2.84. The van der Waals surface area contributed by atoms with Crippen LogP contribution in [0.15, 0.2) is 12.1 Å². The molecule has 22 heavy (non-hydrogen) atoms. The Morgan fingerprint density at radius 1 is 1.27 bits per heavy atom. The number of phenolic OH excluding ortho intramolecular Hbond substituents is 1. The number of carbonyl (C=O) groups is 1. The summed E-state index contributed by atoms with van der Waals surface area (Å²) >= 11 is 0. The molecule has 4 rings (SSSR count). The summed E-state index contributed by atoms with van der Waals surface area (Å²) in [5.41, 5.74) is 2.45. The predicted molar refractivity (Wildman–Crippen MR) is 82.5 cm³/mol.